The first-order chi connectivity index (χ1) is 9.58. The third-order valence-corrected chi connectivity index (χ3v) is 2.90. The van der Waals surface area contributed by atoms with Gasteiger partial charge in [-0.1, -0.05) is 0 Å². The lowest BCUT2D eigenvalue weighted by atomic mass is 10.1. The monoisotopic (exact) mass is 268 g/mol. The van der Waals surface area contributed by atoms with Crippen molar-refractivity contribution in [3.05, 3.63) is 50.7 Å². The molecule has 0 amide bonds. The van der Waals surface area contributed by atoms with Gasteiger partial charge in [-0.25, -0.2) is 9.48 Å². The number of rotatable bonds is 1. The van der Waals surface area contributed by atoms with Crippen molar-refractivity contribution in [3.8, 4) is 17.3 Å². The molecule has 0 atom stereocenters. The maximum absolute atomic E-state index is 11.5. The Bertz CT molecular complexity index is 972. The molecule has 98 valence electrons. The van der Waals surface area contributed by atoms with Crippen LogP contribution in [-0.4, -0.2) is 14.8 Å². The quantitative estimate of drug-likeness (QED) is 0.701. The third-order valence-electron chi connectivity index (χ3n) is 2.90. The van der Waals surface area contributed by atoms with Gasteiger partial charge in [0.25, 0.3) is 5.56 Å². The summed E-state index contributed by atoms with van der Waals surface area (Å²) in [7, 11) is 1.51. The average Bonchev–Trinajstić information content (AvgIpc) is 2.80. The standard InChI is InChI=1S/C13H8N4O3/c1-17-11(18)5-8(6-14)12(16-17)7-2-3-10-9(4-7)15-13(19)20-10/h2-5H,1H3,(H,15,19). The lowest BCUT2D eigenvalue weighted by Gasteiger charge is -2.04. The van der Waals surface area contributed by atoms with Crippen LogP contribution in [0.15, 0.2) is 38.3 Å². The van der Waals surface area contributed by atoms with Gasteiger partial charge in [-0.2, -0.15) is 10.4 Å². The molecule has 0 aliphatic rings. The number of hydrogen-bond donors (Lipinski definition) is 1. The number of oxazole rings is 1. The Labute approximate surface area is 111 Å². The molecular weight excluding hydrogens is 260 g/mol. The highest BCUT2D eigenvalue weighted by Gasteiger charge is 2.11. The first-order valence-corrected chi connectivity index (χ1v) is 5.70. The second-order valence-corrected chi connectivity index (χ2v) is 4.21. The Hall–Kier alpha value is -3.14. The molecule has 2 aromatic heterocycles. The van der Waals surface area contributed by atoms with E-state index in [0.717, 1.165) is 4.68 Å². The predicted molar refractivity (Wildman–Crippen MR) is 70.0 cm³/mol. The maximum Gasteiger partial charge on any atom is 0.417 e. The molecule has 0 aliphatic carbocycles. The van der Waals surface area contributed by atoms with Gasteiger partial charge in [0.15, 0.2) is 5.58 Å². The number of hydrogen-bond acceptors (Lipinski definition) is 5. The number of nitrogens with zero attached hydrogens (tertiary/aromatic N) is 3. The molecule has 1 aromatic carbocycles. The van der Waals surface area contributed by atoms with E-state index in [9.17, 15) is 9.59 Å². The highest BCUT2D eigenvalue weighted by atomic mass is 16.4. The molecule has 0 aliphatic heterocycles. The molecule has 0 unspecified atom stereocenters. The molecule has 0 spiro atoms. The minimum Gasteiger partial charge on any atom is -0.408 e. The van der Waals surface area contributed by atoms with Gasteiger partial charge < -0.3 is 4.42 Å². The molecule has 7 nitrogen and oxygen atoms in total. The summed E-state index contributed by atoms with van der Waals surface area (Å²) in [4.78, 5) is 25.1. The molecule has 2 heterocycles. The second kappa shape index (κ2) is 4.20. The topological polar surface area (TPSA) is 105 Å². The molecule has 3 rings (SSSR count). The first kappa shape index (κ1) is 11.9. The van der Waals surface area contributed by atoms with Gasteiger partial charge in [-0.15, -0.1) is 0 Å². The minimum absolute atomic E-state index is 0.179. The van der Waals surface area contributed by atoms with E-state index in [1.54, 1.807) is 18.2 Å². The fourth-order valence-electron chi connectivity index (χ4n) is 1.94. The zero-order valence-corrected chi connectivity index (χ0v) is 10.4. The van der Waals surface area contributed by atoms with Gasteiger partial charge >= 0.3 is 5.76 Å². The Balaban J connectivity index is 2.30. The lowest BCUT2D eigenvalue weighted by molar-refractivity contribution is 0.555. The first-order valence-electron chi connectivity index (χ1n) is 5.70. The highest BCUT2D eigenvalue weighted by Crippen LogP contribution is 2.23. The smallest absolute Gasteiger partial charge is 0.408 e. The van der Waals surface area contributed by atoms with Crippen LogP contribution in [0.5, 0.6) is 0 Å². The van der Waals surface area contributed by atoms with Gasteiger partial charge in [0.2, 0.25) is 0 Å². The average molecular weight is 268 g/mol. The summed E-state index contributed by atoms with van der Waals surface area (Å²) in [6, 6.07) is 8.10. The largest absolute Gasteiger partial charge is 0.417 e. The summed E-state index contributed by atoms with van der Waals surface area (Å²) >= 11 is 0. The van der Waals surface area contributed by atoms with Crippen molar-refractivity contribution in [3.63, 3.8) is 0 Å². The van der Waals surface area contributed by atoms with Crippen LogP contribution in [0.2, 0.25) is 0 Å². The number of fused-ring (bicyclic) bond motifs is 1. The third kappa shape index (κ3) is 1.80. The zero-order valence-electron chi connectivity index (χ0n) is 10.4. The molecular formula is C13H8N4O3. The molecule has 0 bridgehead atoms. The van der Waals surface area contributed by atoms with Gasteiger partial charge in [-0.3, -0.25) is 9.78 Å². The predicted octanol–water partition coefficient (Wildman–Crippen LogP) is 0.753. The van der Waals surface area contributed by atoms with Gasteiger partial charge in [-0.05, 0) is 18.2 Å². The van der Waals surface area contributed by atoms with Crippen LogP contribution in [0.4, 0.5) is 0 Å². The van der Waals surface area contributed by atoms with Crippen molar-refractivity contribution in [2.75, 3.05) is 0 Å². The molecule has 0 fully saturated rings. The number of aromatic amines is 1. The van der Waals surface area contributed by atoms with E-state index in [1.807, 2.05) is 6.07 Å². The highest BCUT2D eigenvalue weighted by molar-refractivity contribution is 5.80. The van der Waals surface area contributed by atoms with Gasteiger partial charge in [0.1, 0.15) is 11.8 Å². The van der Waals surface area contributed by atoms with Crippen LogP contribution in [0, 0.1) is 11.3 Å². The van der Waals surface area contributed by atoms with E-state index in [4.69, 9.17) is 9.68 Å². The van der Waals surface area contributed by atoms with Crippen LogP contribution in [-0.2, 0) is 7.05 Å². The van der Waals surface area contributed by atoms with Gasteiger partial charge in [0.05, 0.1) is 11.1 Å². The molecule has 7 heteroatoms. The van der Waals surface area contributed by atoms with Crippen molar-refractivity contribution in [1.82, 2.24) is 14.8 Å². The van der Waals surface area contributed by atoms with E-state index in [2.05, 4.69) is 10.1 Å². The van der Waals surface area contributed by atoms with E-state index in [0.29, 0.717) is 22.4 Å². The summed E-state index contributed by atoms with van der Waals surface area (Å²) in [5.41, 5.74) is 1.73. The SMILES string of the molecule is Cn1nc(-c2ccc3oc(=O)[nH]c3c2)c(C#N)cc1=O. The zero-order chi connectivity index (χ0) is 14.3. The van der Waals surface area contributed by atoms with Gasteiger partial charge in [0, 0.05) is 18.7 Å². The van der Waals surface area contributed by atoms with Crippen LogP contribution in [0.1, 0.15) is 5.56 Å². The maximum atomic E-state index is 11.5. The number of nitriles is 1. The van der Waals surface area contributed by atoms with Crippen LogP contribution in [0.3, 0.4) is 0 Å². The van der Waals surface area contributed by atoms with E-state index in [-0.39, 0.29) is 11.1 Å². The molecule has 0 saturated heterocycles. The van der Waals surface area contributed by atoms with Crippen molar-refractivity contribution < 1.29 is 4.42 Å². The number of nitrogens with one attached hydrogen (secondary N) is 1. The molecule has 0 saturated carbocycles. The molecule has 0 radical (unpaired) electrons. The van der Waals surface area contributed by atoms with Crippen molar-refractivity contribution >= 4 is 11.1 Å². The number of benzene rings is 1. The summed E-state index contributed by atoms with van der Waals surface area (Å²) in [5.74, 6) is -0.550. The van der Waals surface area contributed by atoms with E-state index < -0.39 is 5.76 Å². The number of aromatic nitrogens is 3. The lowest BCUT2D eigenvalue weighted by Crippen LogP contribution is -2.20. The molecule has 20 heavy (non-hydrogen) atoms. The minimum atomic E-state index is -0.550. The summed E-state index contributed by atoms with van der Waals surface area (Å²) in [6.07, 6.45) is 0. The van der Waals surface area contributed by atoms with Crippen molar-refractivity contribution in [2.45, 2.75) is 0 Å². The fraction of sp³-hybridized carbons (Fsp3) is 0.0769. The van der Waals surface area contributed by atoms with Crippen LogP contribution in [0.25, 0.3) is 22.4 Å². The Morgan fingerprint density at radius 1 is 1.35 bits per heavy atom. The van der Waals surface area contributed by atoms with E-state index >= 15 is 0 Å². The van der Waals surface area contributed by atoms with Crippen LogP contribution >= 0.6 is 0 Å². The second-order valence-electron chi connectivity index (χ2n) is 4.21. The fourth-order valence-corrected chi connectivity index (χ4v) is 1.94. The van der Waals surface area contributed by atoms with E-state index in [1.165, 1.54) is 13.1 Å². The Kier molecular flexibility index (Phi) is 2.51. The van der Waals surface area contributed by atoms with Crippen molar-refractivity contribution in [1.29, 1.82) is 5.26 Å². The number of H-pyrrole nitrogens is 1. The molecule has 1 N–H and O–H groups in total. The molecule has 3 aromatic rings. The number of aryl methyl sites for hydroxylation is 1. The normalized spacial score (nSPS) is 10.6. The van der Waals surface area contributed by atoms with Crippen molar-refractivity contribution in [2.24, 2.45) is 7.05 Å². The Morgan fingerprint density at radius 2 is 2.15 bits per heavy atom. The Morgan fingerprint density at radius 3 is 2.90 bits per heavy atom. The van der Waals surface area contributed by atoms with Crippen LogP contribution < -0.4 is 11.3 Å². The summed E-state index contributed by atoms with van der Waals surface area (Å²) in [5, 5.41) is 13.2. The summed E-state index contributed by atoms with van der Waals surface area (Å²) in [6.45, 7) is 0. The summed E-state index contributed by atoms with van der Waals surface area (Å²) < 4.78 is 6.06.